The van der Waals surface area contributed by atoms with Gasteiger partial charge in [-0.2, -0.15) is 10.2 Å². The van der Waals surface area contributed by atoms with Gasteiger partial charge in [0.25, 0.3) is 5.89 Å². The SMILES string of the molecule is N#Cc1cccc(-c2nc(C3(CN[C@H]4CC4c4ccccc4)CCC3)no2)c1. The Bertz CT molecular complexity index is 1020. The summed E-state index contributed by atoms with van der Waals surface area (Å²) in [6.45, 7) is 0.887. The summed E-state index contributed by atoms with van der Waals surface area (Å²) in [4.78, 5) is 4.70. The zero-order valence-corrected chi connectivity index (χ0v) is 15.6. The van der Waals surface area contributed by atoms with Gasteiger partial charge in [0.05, 0.1) is 11.6 Å². The normalized spacial score (nSPS) is 22.2. The standard InChI is InChI=1S/C23H22N4O/c24-14-16-6-4-9-18(12-16)21-26-22(27-28-21)23(10-5-11-23)15-25-20-13-19(20)17-7-2-1-3-8-17/h1-4,6-9,12,19-20,25H,5,10-11,13,15H2/t19?,20-/m0/s1. The molecule has 0 saturated heterocycles. The highest BCUT2D eigenvalue weighted by Gasteiger charge is 2.46. The van der Waals surface area contributed by atoms with Crippen LogP contribution >= 0.6 is 0 Å². The van der Waals surface area contributed by atoms with Crippen LogP contribution < -0.4 is 5.32 Å². The van der Waals surface area contributed by atoms with E-state index in [9.17, 15) is 0 Å². The van der Waals surface area contributed by atoms with Crippen LogP contribution in [0.3, 0.4) is 0 Å². The Balaban J connectivity index is 1.28. The van der Waals surface area contributed by atoms with E-state index in [1.165, 1.54) is 18.4 Å². The van der Waals surface area contributed by atoms with Gasteiger partial charge in [0.2, 0.25) is 0 Å². The summed E-state index contributed by atoms with van der Waals surface area (Å²) >= 11 is 0. The number of hydrogen-bond donors (Lipinski definition) is 1. The highest BCUT2D eigenvalue weighted by molar-refractivity contribution is 5.56. The molecular formula is C23H22N4O. The Labute approximate surface area is 164 Å². The Hall–Kier alpha value is -2.97. The van der Waals surface area contributed by atoms with Gasteiger partial charge in [0.1, 0.15) is 0 Å². The third kappa shape index (κ3) is 3.10. The fourth-order valence-corrected chi connectivity index (χ4v) is 4.18. The molecule has 2 aromatic carbocycles. The van der Waals surface area contributed by atoms with Gasteiger partial charge in [-0.3, -0.25) is 0 Å². The van der Waals surface area contributed by atoms with Gasteiger partial charge >= 0.3 is 0 Å². The Morgan fingerprint density at radius 2 is 2.00 bits per heavy atom. The molecule has 5 rings (SSSR count). The van der Waals surface area contributed by atoms with Gasteiger partial charge in [-0.05, 0) is 43.0 Å². The molecule has 0 amide bonds. The molecule has 2 aliphatic carbocycles. The predicted octanol–water partition coefficient (Wildman–Crippen LogP) is 4.18. The van der Waals surface area contributed by atoms with E-state index in [2.05, 4.69) is 46.9 Å². The lowest BCUT2D eigenvalue weighted by atomic mass is 9.68. The van der Waals surface area contributed by atoms with E-state index in [1.807, 2.05) is 12.1 Å². The smallest absolute Gasteiger partial charge is 0.257 e. The van der Waals surface area contributed by atoms with Gasteiger partial charge in [0, 0.05) is 29.5 Å². The number of rotatable bonds is 6. The molecule has 0 aliphatic heterocycles. The van der Waals surface area contributed by atoms with Crippen molar-refractivity contribution in [3.05, 3.63) is 71.5 Å². The van der Waals surface area contributed by atoms with Crippen LogP contribution in [-0.4, -0.2) is 22.7 Å². The monoisotopic (exact) mass is 370 g/mol. The minimum absolute atomic E-state index is 0.0293. The molecule has 2 atom stereocenters. The van der Waals surface area contributed by atoms with E-state index >= 15 is 0 Å². The first kappa shape index (κ1) is 17.2. The van der Waals surface area contributed by atoms with Crippen LogP contribution in [-0.2, 0) is 5.41 Å². The minimum atomic E-state index is -0.0293. The summed E-state index contributed by atoms with van der Waals surface area (Å²) < 4.78 is 5.55. The average Bonchev–Trinajstić information content (AvgIpc) is 3.33. The second kappa shape index (κ2) is 6.88. The number of hydrogen-bond acceptors (Lipinski definition) is 5. The zero-order valence-electron chi connectivity index (χ0n) is 15.6. The van der Waals surface area contributed by atoms with Crippen molar-refractivity contribution in [1.82, 2.24) is 15.5 Å². The fraction of sp³-hybridized carbons (Fsp3) is 0.348. The summed E-state index contributed by atoms with van der Waals surface area (Å²) in [5.74, 6) is 1.90. The van der Waals surface area contributed by atoms with Crippen LogP contribution in [0.5, 0.6) is 0 Å². The lowest BCUT2D eigenvalue weighted by molar-refractivity contribution is 0.211. The molecule has 5 nitrogen and oxygen atoms in total. The summed E-state index contributed by atoms with van der Waals surface area (Å²) in [7, 11) is 0. The lowest BCUT2D eigenvalue weighted by Crippen LogP contribution is -2.45. The van der Waals surface area contributed by atoms with Crippen molar-refractivity contribution in [1.29, 1.82) is 5.26 Å². The average molecular weight is 370 g/mol. The summed E-state index contributed by atoms with van der Waals surface area (Å²) in [5.41, 5.74) is 2.78. The van der Waals surface area contributed by atoms with Crippen LogP contribution in [0.2, 0.25) is 0 Å². The van der Waals surface area contributed by atoms with Crippen LogP contribution in [0.25, 0.3) is 11.5 Å². The highest BCUT2D eigenvalue weighted by Crippen LogP contribution is 2.45. The molecule has 0 radical (unpaired) electrons. The Morgan fingerprint density at radius 1 is 1.14 bits per heavy atom. The predicted molar refractivity (Wildman–Crippen MR) is 106 cm³/mol. The van der Waals surface area contributed by atoms with Gasteiger partial charge < -0.3 is 9.84 Å². The molecule has 0 bridgehead atoms. The number of nitriles is 1. The van der Waals surface area contributed by atoms with Crippen molar-refractivity contribution in [2.24, 2.45) is 0 Å². The molecule has 1 aromatic heterocycles. The van der Waals surface area contributed by atoms with Crippen LogP contribution in [0.15, 0.2) is 59.1 Å². The van der Waals surface area contributed by atoms with Crippen molar-refractivity contribution in [2.75, 3.05) is 6.54 Å². The van der Waals surface area contributed by atoms with Crippen LogP contribution in [0.4, 0.5) is 0 Å². The number of nitrogens with zero attached hydrogens (tertiary/aromatic N) is 3. The van der Waals surface area contributed by atoms with Crippen LogP contribution in [0.1, 0.15) is 48.6 Å². The Kier molecular flexibility index (Phi) is 4.22. The number of benzene rings is 2. The molecule has 1 heterocycles. The first-order chi connectivity index (χ1) is 13.8. The van der Waals surface area contributed by atoms with E-state index in [4.69, 9.17) is 14.8 Å². The van der Waals surface area contributed by atoms with Crippen molar-refractivity contribution in [2.45, 2.75) is 43.1 Å². The molecule has 1 N–H and O–H groups in total. The molecule has 0 spiro atoms. The molecule has 2 saturated carbocycles. The minimum Gasteiger partial charge on any atom is -0.334 e. The number of aromatic nitrogens is 2. The maximum absolute atomic E-state index is 9.10. The quantitative estimate of drug-likeness (QED) is 0.705. The van der Waals surface area contributed by atoms with Gasteiger partial charge in [-0.15, -0.1) is 0 Å². The summed E-state index contributed by atoms with van der Waals surface area (Å²) in [6.07, 6.45) is 4.56. The van der Waals surface area contributed by atoms with Gasteiger partial charge in [-0.1, -0.05) is 48.0 Å². The Morgan fingerprint density at radius 3 is 2.75 bits per heavy atom. The molecule has 2 fully saturated rings. The van der Waals surface area contributed by atoms with Gasteiger partial charge in [0.15, 0.2) is 5.82 Å². The molecule has 28 heavy (non-hydrogen) atoms. The maximum Gasteiger partial charge on any atom is 0.257 e. The van der Waals surface area contributed by atoms with E-state index in [-0.39, 0.29) is 5.41 Å². The van der Waals surface area contributed by atoms with E-state index in [1.54, 1.807) is 12.1 Å². The topological polar surface area (TPSA) is 74.7 Å². The third-order valence-electron chi connectivity index (χ3n) is 6.17. The first-order valence-electron chi connectivity index (χ1n) is 9.90. The third-order valence-corrected chi connectivity index (χ3v) is 6.17. The summed E-state index contributed by atoms with van der Waals surface area (Å²) in [6, 6.07) is 20.7. The second-order valence-corrected chi connectivity index (χ2v) is 7.99. The molecule has 2 aliphatic rings. The summed E-state index contributed by atoms with van der Waals surface area (Å²) in [5, 5.41) is 17.2. The second-order valence-electron chi connectivity index (χ2n) is 7.99. The van der Waals surface area contributed by atoms with E-state index in [0.717, 1.165) is 30.8 Å². The number of nitrogens with one attached hydrogen (secondary N) is 1. The zero-order chi connectivity index (χ0) is 19.0. The molecule has 1 unspecified atom stereocenters. The first-order valence-corrected chi connectivity index (χ1v) is 9.90. The fourth-order valence-electron chi connectivity index (χ4n) is 4.18. The highest BCUT2D eigenvalue weighted by atomic mass is 16.5. The van der Waals surface area contributed by atoms with Crippen molar-refractivity contribution < 1.29 is 4.52 Å². The van der Waals surface area contributed by atoms with E-state index < -0.39 is 0 Å². The maximum atomic E-state index is 9.10. The molecule has 3 aromatic rings. The molecule has 5 heteroatoms. The van der Waals surface area contributed by atoms with Crippen LogP contribution in [0, 0.1) is 11.3 Å². The molecular weight excluding hydrogens is 348 g/mol. The van der Waals surface area contributed by atoms with Gasteiger partial charge in [-0.25, -0.2) is 0 Å². The largest absolute Gasteiger partial charge is 0.334 e. The lowest BCUT2D eigenvalue weighted by Gasteiger charge is -2.39. The van der Waals surface area contributed by atoms with Crippen molar-refractivity contribution in [3.63, 3.8) is 0 Å². The van der Waals surface area contributed by atoms with E-state index in [0.29, 0.717) is 23.4 Å². The van der Waals surface area contributed by atoms with Crippen molar-refractivity contribution in [3.8, 4) is 17.5 Å². The van der Waals surface area contributed by atoms with Crippen molar-refractivity contribution >= 4 is 0 Å². The molecule has 140 valence electrons.